The van der Waals surface area contributed by atoms with E-state index < -0.39 is 0 Å². The molecule has 17 heavy (non-hydrogen) atoms. The third-order valence-electron chi connectivity index (χ3n) is 3.00. The largest absolute Gasteiger partial charge is 0.294 e. The molecule has 0 saturated carbocycles. The van der Waals surface area contributed by atoms with Crippen LogP contribution in [0.25, 0.3) is 11.3 Å². The number of aromatic nitrogens is 1. The van der Waals surface area contributed by atoms with E-state index in [0.717, 1.165) is 28.9 Å². The molecular weight excluding hydrogens is 234 g/mol. The highest BCUT2D eigenvalue weighted by molar-refractivity contribution is 6.30. The average Bonchev–Trinajstić information content (AvgIpc) is 2.72. The van der Waals surface area contributed by atoms with Gasteiger partial charge in [0.25, 0.3) is 0 Å². The van der Waals surface area contributed by atoms with Crippen LogP contribution in [0.3, 0.4) is 0 Å². The van der Waals surface area contributed by atoms with Gasteiger partial charge in [0.1, 0.15) is 0 Å². The third kappa shape index (κ3) is 1.85. The van der Waals surface area contributed by atoms with E-state index in [9.17, 15) is 4.79 Å². The van der Waals surface area contributed by atoms with Crippen LogP contribution in [0.2, 0.25) is 5.02 Å². The number of ketones is 1. The molecule has 0 N–H and O–H groups in total. The van der Waals surface area contributed by atoms with Crippen molar-refractivity contribution < 1.29 is 4.79 Å². The number of hydrogen-bond donors (Lipinski definition) is 0. The summed E-state index contributed by atoms with van der Waals surface area (Å²) in [4.78, 5) is 16.0. The fraction of sp³-hybridized carbons (Fsp3) is 0.143. The summed E-state index contributed by atoms with van der Waals surface area (Å²) >= 11 is 5.85. The molecule has 0 amide bonds. The minimum absolute atomic E-state index is 0.204. The molecule has 1 aromatic heterocycles. The van der Waals surface area contributed by atoms with Gasteiger partial charge in [-0.05, 0) is 30.7 Å². The number of hydrogen-bond acceptors (Lipinski definition) is 2. The zero-order chi connectivity index (χ0) is 11.8. The molecule has 2 aromatic rings. The second kappa shape index (κ2) is 3.97. The SMILES string of the molecule is O=C1CCc2nc(-c3ccc(Cl)cc3)ccc21. The van der Waals surface area contributed by atoms with Gasteiger partial charge in [-0.3, -0.25) is 9.78 Å². The predicted molar refractivity (Wildman–Crippen MR) is 67.3 cm³/mol. The lowest BCUT2D eigenvalue weighted by Gasteiger charge is -2.03. The smallest absolute Gasteiger partial charge is 0.165 e. The van der Waals surface area contributed by atoms with Crippen LogP contribution < -0.4 is 0 Å². The number of carbonyl (C=O) groups is 1. The van der Waals surface area contributed by atoms with Crippen LogP contribution in [0, 0.1) is 0 Å². The molecule has 0 radical (unpaired) electrons. The molecule has 0 saturated heterocycles. The number of fused-ring (bicyclic) bond motifs is 1. The lowest BCUT2D eigenvalue weighted by atomic mass is 10.1. The van der Waals surface area contributed by atoms with Gasteiger partial charge in [0.15, 0.2) is 5.78 Å². The van der Waals surface area contributed by atoms with Crippen molar-refractivity contribution in [3.63, 3.8) is 0 Å². The molecule has 1 aliphatic rings. The average molecular weight is 244 g/mol. The van der Waals surface area contributed by atoms with Crippen molar-refractivity contribution in [2.45, 2.75) is 12.8 Å². The molecule has 0 aliphatic heterocycles. The van der Waals surface area contributed by atoms with Gasteiger partial charge in [0.2, 0.25) is 0 Å². The Kier molecular flexibility index (Phi) is 2.45. The number of benzene rings is 1. The second-order valence-corrected chi connectivity index (χ2v) is 4.56. The Bertz CT molecular complexity index is 590. The molecule has 2 nitrogen and oxygen atoms in total. The maximum atomic E-state index is 11.5. The van der Waals surface area contributed by atoms with Crippen LogP contribution in [0.4, 0.5) is 0 Å². The molecule has 0 unspecified atom stereocenters. The Balaban J connectivity index is 2.05. The van der Waals surface area contributed by atoms with Crippen LogP contribution in [-0.2, 0) is 6.42 Å². The predicted octanol–water partition coefficient (Wildman–Crippen LogP) is 3.53. The monoisotopic (exact) mass is 243 g/mol. The Labute approximate surface area is 104 Å². The molecule has 1 aliphatic carbocycles. The number of rotatable bonds is 1. The molecule has 1 heterocycles. The summed E-state index contributed by atoms with van der Waals surface area (Å²) in [6, 6.07) is 11.3. The number of halogens is 1. The minimum Gasteiger partial charge on any atom is -0.294 e. The van der Waals surface area contributed by atoms with Crippen LogP contribution in [0.15, 0.2) is 36.4 Å². The van der Waals surface area contributed by atoms with Crippen molar-refractivity contribution in [3.05, 3.63) is 52.7 Å². The summed E-state index contributed by atoms with van der Waals surface area (Å²) in [7, 11) is 0. The Morgan fingerprint density at radius 1 is 1.00 bits per heavy atom. The zero-order valence-corrected chi connectivity index (χ0v) is 9.87. The van der Waals surface area contributed by atoms with Gasteiger partial charge >= 0.3 is 0 Å². The highest BCUT2D eigenvalue weighted by Gasteiger charge is 2.20. The fourth-order valence-electron chi connectivity index (χ4n) is 2.09. The molecule has 1 aromatic carbocycles. The lowest BCUT2D eigenvalue weighted by molar-refractivity contribution is 0.0994. The van der Waals surface area contributed by atoms with Gasteiger partial charge in [-0.2, -0.15) is 0 Å². The highest BCUT2D eigenvalue weighted by atomic mass is 35.5. The lowest BCUT2D eigenvalue weighted by Crippen LogP contribution is -1.94. The van der Waals surface area contributed by atoms with Crippen molar-refractivity contribution in [1.29, 1.82) is 0 Å². The summed E-state index contributed by atoms with van der Waals surface area (Å²) in [5.41, 5.74) is 3.62. The third-order valence-corrected chi connectivity index (χ3v) is 3.26. The Morgan fingerprint density at radius 3 is 2.53 bits per heavy atom. The van der Waals surface area contributed by atoms with E-state index in [0.29, 0.717) is 11.4 Å². The van der Waals surface area contributed by atoms with E-state index in [1.165, 1.54) is 0 Å². The topological polar surface area (TPSA) is 30.0 Å². The van der Waals surface area contributed by atoms with E-state index in [1.807, 2.05) is 36.4 Å². The summed E-state index contributed by atoms with van der Waals surface area (Å²) in [5.74, 6) is 0.204. The van der Waals surface area contributed by atoms with Gasteiger partial charge < -0.3 is 0 Å². The van der Waals surface area contributed by atoms with Crippen molar-refractivity contribution in [2.24, 2.45) is 0 Å². The number of nitrogens with zero attached hydrogens (tertiary/aromatic N) is 1. The molecule has 3 heteroatoms. The van der Waals surface area contributed by atoms with Crippen molar-refractivity contribution in [3.8, 4) is 11.3 Å². The first kappa shape index (κ1) is 10.5. The van der Waals surface area contributed by atoms with Crippen LogP contribution in [0.1, 0.15) is 22.5 Å². The van der Waals surface area contributed by atoms with Crippen LogP contribution in [0.5, 0.6) is 0 Å². The van der Waals surface area contributed by atoms with E-state index in [-0.39, 0.29) is 5.78 Å². The van der Waals surface area contributed by atoms with Gasteiger partial charge in [-0.25, -0.2) is 0 Å². The molecule has 0 bridgehead atoms. The summed E-state index contributed by atoms with van der Waals surface area (Å²) < 4.78 is 0. The Morgan fingerprint density at radius 2 is 1.76 bits per heavy atom. The maximum Gasteiger partial charge on any atom is 0.165 e. The summed E-state index contributed by atoms with van der Waals surface area (Å²) in [5, 5.41) is 0.713. The number of Topliss-reactive ketones (excluding diaryl/α,β-unsaturated/α-hetero) is 1. The second-order valence-electron chi connectivity index (χ2n) is 4.12. The van der Waals surface area contributed by atoms with Crippen molar-refractivity contribution in [2.75, 3.05) is 0 Å². The minimum atomic E-state index is 0.204. The fourth-order valence-corrected chi connectivity index (χ4v) is 2.22. The summed E-state index contributed by atoms with van der Waals surface area (Å²) in [6.07, 6.45) is 1.35. The first-order valence-electron chi connectivity index (χ1n) is 5.53. The first-order valence-corrected chi connectivity index (χ1v) is 5.91. The summed E-state index contributed by atoms with van der Waals surface area (Å²) in [6.45, 7) is 0. The normalized spacial score (nSPS) is 13.8. The van der Waals surface area contributed by atoms with Crippen LogP contribution >= 0.6 is 11.6 Å². The molecule has 3 rings (SSSR count). The highest BCUT2D eigenvalue weighted by Crippen LogP contribution is 2.25. The van der Waals surface area contributed by atoms with Gasteiger partial charge in [0, 0.05) is 22.6 Å². The van der Waals surface area contributed by atoms with Gasteiger partial charge in [0.05, 0.1) is 11.4 Å². The first-order chi connectivity index (χ1) is 8.24. The van der Waals surface area contributed by atoms with E-state index >= 15 is 0 Å². The van der Waals surface area contributed by atoms with E-state index in [1.54, 1.807) is 0 Å². The molecule has 0 atom stereocenters. The zero-order valence-electron chi connectivity index (χ0n) is 9.11. The molecule has 84 valence electrons. The van der Waals surface area contributed by atoms with Crippen molar-refractivity contribution >= 4 is 17.4 Å². The molecule has 0 spiro atoms. The standard InChI is InChI=1S/C14H10ClNO/c15-10-3-1-9(2-4-10)12-6-5-11-13(16-12)7-8-14(11)17/h1-6H,7-8H2. The van der Waals surface area contributed by atoms with Crippen molar-refractivity contribution in [1.82, 2.24) is 4.98 Å². The number of pyridine rings is 1. The van der Waals surface area contributed by atoms with Crippen LogP contribution in [-0.4, -0.2) is 10.8 Å². The quantitative estimate of drug-likeness (QED) is 0.767. The van der Waals surface area contributed by atoms with Gasteiger partial charge in [-0.15, -0.1) is 0 Å². The number of aryl methyl sites for hydroxylation is 1. The van der Waals surface area contributed by atoms with E-state index in [4.69, 9.17) is 11.6 Å². The Hall–Kier alpha value is -1.67. The number of carbonyl (C=O) groups excluding carboxylic acids is 1. The van der Waals surface area contributed by atoms with E-state index in [2.05, 4.69) is 4.98 Å². The molecule has 0 fully saturated rings. The van der Waals surface area contributed by atoms with Gasteiger partial charge in [-0.1, -0.05) is 23.7 Å². The molecular formula is C14H10ClNO. The maximum absolute atomic E-state index is 11.5.